The van der Waals surface area contributed by atoms with Crippen molar-refractivity contribution in [1.29, 1.82) is 0 Å². The molecule has 0 spiro atoms. The van der Waals surface area contributed by atoms with E-state index < -0.39 is 0 Å². The normalized spacial score (nSPS) is 24.0. The van der Waals surface area contributed by atoms with Gasteiger partial charge in [0.15, 0.2) is 12.0 Å². The number of hydrogen-bond acceptors (Lipinski definition) is 3. The molecule has 10 rings (SSSR count). The number of nitrogens with zero attached hydrogens (tertiary/aromatic N) is 2. The van der Waals surface area contributed by atoms with E-state index in [-0.39, 0.29) is 0 Å². The van der Waals surface area contributed by atoms with E-state index in [1.807, 2.05) is 12.1 Å². The van der Waals surface area contributed by atoms with Gasteiger partial charge in [0, 0.05) is 16.7 Å². The van der Waals surface area contributed by atoms with Crippen molar-refractivity contribution < 1.29 is 4.42 Å². The molecule has 4 bridgehead atoms. The summed E-state index contributed by atoms with van der Waals surface area (Å²) in [4.78, 5) is 9.88. The summed E-state index contributed by atoms with van der Waals surface area (Å²) in [6.07, 6.45) is 9.98. The smallest absolute Gasteiger partial charge is 0.182 e. The Labute approximate surface area is 252 Å². The topological polar surface area (TPSA) is 38.9 Å². The first-order valence-corrected chi connectivity index (χ1v) is 15.8. The molecule has 4 saturated carbocycles. The van der Waals surface area contributed by atoms with Crippen LogP contribution in [0.1, 0.15) is 44.1 Å². The van der Waals surface area contributed by atoms with Gasteiger partial charge in [0.05, 0.1) is 11.4 Å². The quantitative estimate of drug-likeness (QED) is 0.211. The second-order valence-corrected chi connectivity index (χ2v) is 13.3. The highest BCUT2D eigenvalue weighted by Crippen LogP contribution is 2.61. The maximum absolute atomic E-state index is 6.13. The lowest BCUT2D eigenvalue weighted by atomic mass is 9.48. The van der Waals surface area contributed by atoms with Crippen LogP contribution in [0.5, 0.6) is 0 Å². The standard InChI is InChI=1S/C40H34N2O/c1-3-7-31(8-4-1)36-20-33(21-37(42-36)32-9-5-2-6-10-32)29-11-13-30(14-12-29)34-15-16-35(38-39(34)43-25-41-38)40-22-26-17-27(23-40)19-28(18-26)24-40/h1-16,20-21,25-28H,17-19,22-24H2. The molecular formula is C40H34N2O. The van der Waals surface area contributed by atoms with Crippen LogP contribution in [-0.4, -0.2) is 9.97 Å². The zero-order chi connectivity index (χ0) is 28.4. The van der Waals surface area contributed by atoms with Crippen LogP contribution >= 0.6 is 0 Å². The zero-order valence-electron chi connectivity index (χ0n) is 24.2. The van der Waals surface area contributed by atoms with Crippen molar-refractivity contribution in [2.24, 2.45) is 17.8 Å². The molecule has 43 heavy (non-hydrogen) atoms. The second-order valence-electron chi connectivity index (χ2n) is 13.3. The summed E-state index contributed by atoms with van der Waals surface area (Å²) in [5.74, 6) is 2.70. The predicted octanol–water partition coefficient (Wildman–Crippen LogP) is 10.4. The number of benzene rings is 4. The molecule has 2 aromatic heterocycles. The van der Waals surface area contributed by atoms with E-state index >= 15 is 0 Å². The van der Waals surface area contributed by atoms with Crippen molar-refractivity contribution in [2.45, 2.75) is 43.9 Å². The SMILES string of the molecule is c1ccc(-c2cc(-c3ccc(-c4ccc(C56CC7CC(CC(C7)C5)C6)c5ncoc45)cc3)cc(-c3ccccc3)n2)cc1. The molecule has 0 unspecified atom stereocenters. The molecule has 0 aliphatic heterocycles. The Hall–Kier alpha value is -4.50. The third-order valence-electron chi connectivity index (χ3n) is 10.6. The van der Waals surface area contributed by atoms with Crippen molar-refractivity contribution in [1.82, 2.24) is 9.97 Å². The Balaban J connectivity index is 1.09. The van der Waals surface area contributed by atoms with E-state index in [0.29, 0.717) is 5.41 Å². The van der Waals surface area contributed by atoms with Crippen LogP contribution in [0.3, 0.4) is 0 Å². The van der Waals surface area contributed by atoms with Crippen LogP contribution in [0.4, 0.5) is 0 Å². The number of oxazole rings is 1. The van der Waals surface area contributed by atoms with Crippen molar-refractivity contribution in [2.75, 3.05) is 0 Å². The van der Waals surface area contributed by atoms with Gasteiger partial charge in [-0.1, -0.05) is 97.1 Å². The molecule has 3 nitrogen and oxygen atoms in total. The van der Waals surface area contributed by atoms with Crippen molar-refractivity contribution in [3.05, 3.63) is 121 Å². The molecule has 6 aromatic rings. The van der Waals surface area contributed by atoms with Gasteiger partial charge in [-0.3, -0.25) is 0 Å². The lowest BCUT2D eigenvalue weighted by molar-refractivity contribution is -0.00457. The maximum atomic E-state index is 6.13. The highest BCUT2D eigenvalue weighted by Gasteiger charge is 2.52. The van der Waals surface area contributed by atoms with E-state index in [9.17, 15) is 0 Å². The van der Waals surface area contributed by atoms with E-state index in [4.69, 9.17) is 14.4 Å². The first-order chi connectivity index (χ1) is 21.2. The summed E-state index contributed by atoms with van der Waals surface area (Å²) in [6.45, 7) is 0. The van der Waals surface area contributed by atoms with Gasteiger partial charge in [-0.15, -0.1) is 0 Å². The Bertz CT molecular complexity index is 1850. The fourth-order valence-corrected chi connectivity index (χ4v) is 9.10. The molecule has 0 N–H and O–H groups in total. The van der Waals surface area contributed by atoms with Crippen molar-refractivity contribution in [3.63, 3.8) is 0 Å². The highest BCUT2D eigenvalue weighted by atomic mass is 16.3. The molecule has 4 aliphatic rings. The van der Waals surface area contributed by atoms with Crippen LogP contribution in [0.25, 0.3) is 55.9 Å². The number of fused-ring (bicyclic) bond motifs is 1. The minimum absolute atomic E-state index is 0.292. The van der Waals surface area contributed by atoms with Gasteiger partial charge < -0.3 is 4.42 Å². The lowest BCUT2D eigenvalue weighted by Gasteiger charge is -2.57. The minimum Gasteiger partial charge on any atom is -0.443 e. The molecule has 0 radical (unpaired) electrons. The summed E-state index contributed by atoms with van der Waals surface area (Å²) < 4.78 is 6.13. The molecule has 210 valence electrons. The first-order valence-electron chi connectivity index (χ1n) is 15.8. The number of pyridine rings is 1. The van der Waals surface area contributed by atoms with Gasteiger partial charge in [-0.2, -0.15) is 0 Å². The van der Waals surface area contributed by atoms with Crippen LogP contribution in [0.15, 0.2) is 120 Å². The minimum atomic E-state index is 0.292. The van der Waals surface area contributed by atoms with Crippen LogP contribution < -0.4 is 0 Å². The summed E-state index contributed by atoms with van der Waals surface area (Å²) >= 11 is 0. The van der Waals surface area contributed by atoms with E-state index in [2.05, 4.69) is 97.1 Å². The molecule has 3 heteroatoms. The average Bonchev–Trinajstić information content (AvgIpc) is 3.55. The van der Waals surface area contributed by atoms with Gasteiger partial charge >= 0.3 is 0 Å². The Morgan fingerprint density at radius 1 is 0.558 bits per heavy atom. The molecule has 4 aliphatic carbocycles. The summed E-state index contributed by atoms with van der Waals surface area (Å²) in [7, 11) is 0. The maximum Gasteiger partial charge on any atom is 0.182 e. The monoisotopic (exact) mass is 558 g/mol. The summed E-state index contributed by atoms with van der Waals surface area (Å²) in [6, 6.07) is 38.9. The van der Waals surface area contributed by atoms with E-state index in [1.54, 1.807) is 6.39 Å². The molecular weight excluding hydrogens is 524 g/mol. The van der Waals surface area contributed by atoms with E-state index in [0.717, 1.165) is 68.1 Å². The van der Waals surface area contributed by atoms with Gasteiger partial charge in [-0.05, 0) is 96.1 Å². The van der Waals surface area contributed by atoms with Crippen molar-refractivity contribution in [3.8, 4) is 44.8 Å². The Morgan fingerprint density at radius 3 is 1.70 bits per heavy atom. The lowest BCUT2D eigenvalue weighted by Crippen LogP contribution is -2.48. The molecule has 4 aromatic carbocycles. The molecule has 2 heterocycles. The van der Waals surface area contributed by atoms with Crippen LogP contribution in [0, 0.1) is 17.8 Å². The third-order valence-corrected chi connectivity index (χ3v) is 10.6. The average molecular weight is 559 g/mol. The molecule has 4 fully saturated rings. The fraction of sp³-hybridized carbons (Fsp3) is 0.250. The van der Waals surface area contributed by atoms with Crippen LogP contribution in [-0.2, 0) is 5.41 Å². The third kappa shape index (κ3) is 4.25. The molecule has 0 amide bonds. The summed E-state index contributed by atoms with van der Waals surface area (Å²) in [5, 5.41) is 0. The first kappa shape index (κ1) is 25.0. The zero-order valence-corrected chi connectivity index (χ0v) is 24.2. The highest BCUT2D eigenvalue weighted by molar-refractivity contribution is 5.93. The second kappa shape index (κ2) is 9.77. The molecule has 0 saturated heterocycles. The fourth-order valence-electron chi connectivity index (χ4n) is 9.10. The van der Waals surface area contributed by atoms with Gasteiger partial charge in [0.1, 0.15) is 5.52 Å². The molecule has 0 atom stereocenters. The number of hydrogen-bond donors (Lipinski definition) is 0. The van der Waals surface area contributed by atoms with E-state index in [1.165, 1.54) is 49.7 Å². The van der Waals surface area contributed by atoms with Crippen LogP contribution in [0.2, 0.25) is 0 Å². The largest absolute Gasteiger partial charge is 0.443 e. The predicted molar refractivity (Wildman–Crippen MR) is 173 cm³/mol. The Kier molecular flexibility index (Phi) is 5.69. The Morgan fingerprint density at radius 2 is 1.12 bits per heavy atom. The van der Waals surface area contributed by atoms with Gasteiger partial charge in [0.25, 0.3) is 0 Å². The number of aromatic nitrogens is 2. The van der Waals surface area contributed by atoms with Crippen molar-refractivity contribution >= 4 is 11.1 Å². The number of rotatable bonds is 5. The van der Waals surface area contributed by atoms with Gasteiger partial charge in [-0.25, -0.2) is 9.97 Å². The van der Waals surface area contributed by atoms with Gasteiger partial charge in [0.2, 0.25) is 0 Å². The summed E-state index contributed by atoms with van der Waals surface area (Å²) in [5.41, 5.74) is 12.5.